The average molecular weight is 718 g/mol. The first kappa shape index (κ1) is 31.9. The molecule has 0 unspecified atom stereocenters. The van der Waals surface area contributed by atoms with E-state index in [-0.39, 0.29) is 0 Å². The van der Waals surface area contributed by atoms with Crippen molar-refractivity contribution >= 4 is 43.9 Å². The van der Waals surface area contributed by atoms with Crippen LogP contribution in [0.15, 0.2) is 197 Å². The summed E-state index contributed by atoms with van der Waals surface area (Å²) in [5, 5.41) is 4.37. The first-order valence-electron chi connectivity index (χ1n) is 18.7. The fourth-order valence-electron chi connectivity index (χ4n) is 7.94. The molecule has 0 fully saturated rings. The predicted octanol–water partition coefficient (Wildman–Crippen LogP) is 13.7. The van der Waals surface area contributed by atoms with Crippen LogP contribution in [0.2, 0.25) is 0 Å². The highest BCUT2D eigenvalue weighted by molar-refractivity contribution is 6.21. The molecule has 56 heavy (non-hydrogen) atoms. The molecule has 0 saturated carbocycles. The molecule has 0 aliphatic carbocycles. The number of fused-ring (bicyclic) bond motifs is 6. The number of hydrogen-bond donors (Lipinski definition) is 0. The van der Waals surface area contributed by atoms with Crippen LogP contribution in [0.25, 0.3) is 111 Å². The Kier molecular flexibility index (Phi) is 7.42. The summed E-state index contributed by atoms with van der Waals surface area (Å²) >= 11 is 0. The standard InChI is InChI=1S/C51H31N3O2/c1-2-9-35(10-3-1)43-31-44(54-51(53-43)37-23-17-32(18-24-37)33-27-29-52-30-28-33)36-21-19-34(20-22-36)38-25-26-40(49-42-12-5-7-15-46(42)56-50(38)49)39-13-8-16-47-48(39)41-11-4-6-14-45(41)55-47/h1-31H. The minimum Gasteiger partial charge on any atom is -0.456 e. The van der Waals surface area contributed by atoms with Crippen LogP contribution in [0.4, 0.5) is 0 Å². The zero-order valence-corrected chi connectivity index (χ0v) is 30.1. The molecule has 11 aromatic rings. The van der Waals surface area contributed by atoms with Crippen molar-refractivity contribution in [3.05, 3.63) is 188 Å². The van der Waals surface area contributed by atoms with Crippen LogP contribution in [0.3, 0.4) is 0 Å². The topological polar surface area (TPSA) is 65.0 Å². The lowest BCUT2D eigenvalue weighted by atomic mass is 9.92. The molecule has 0 saturated heterocycles. The maximum Gasteiger partial charge on any atom is 0.160 e. The van der Waals surface area contributed by atoms with E-state index in [4.69, 9.17) is 18.8 Å². The van der Waals surface area contributed by atoms with E-state index in [1.807, 2.05) is 73.1 Å². The molecule has 0 aliphatic rings. The monoisotopic (exact) mass is 717 g/mol. The van der Waals surface area contributed by atoms with Crippen molar-refractivity contribution in [3.63, 3.8) is 0 Å². The molecule has 0 radical (unpaired) electrons. The van der Waals surface area contributed by atoms with Gasteiger partial charge in [-0.25, -0.2) is 9.97 Å². The van der Waals surface area contributed by atoms with E-state index in [0.29, 0.717) is 5.82 Å². The number of aromatic nitrogens is 3. The van der Waals surface area contributed by atoms with Gasteiger partial charge in [-0.2, -0.15) is 0 Å². The summed E-state index contributed by atoms with van der Waals surface area (Å²) in [5.74, 6) is 0.673. The first-order chi connectivity index (χ1) is 27.7. The van der Waals surface area contributed by atoms with Gasteiger partial charge in [0.15, 0.2) is 5.82 Å². The van der Waals surface area contributed by atoms with Crippen molar-refractivity contribution in [2.24, 2.45) is 0 Å². The summed E-state index contributed by atoms with van der Waals surface area (Å²) < 4.78 is 13.0. The third-order valence-electron chi connectivity index (χ3n) is 10.7. The van der Waals surface area contributed by atoms with E-state index in [9.17, 15) is 0 Å². The number of nitrogens with zero attached hydrogens (tertiary/aromatic N) is 3. The maximum atomic E-state index is 6.71. The smallest absolute Gasteiger partial charge is 0.160 e. The van der Waals surface area contributed by atoms with Gasteiger partial charge in [0.25, 0.3) is 0 Å². The summed E-state index contributed by atoms with van der Waals surface area (Å²) in [6.07, 6.45) is 3.62. The van der Waals surface area contributed by atoms with Crippen LogP contribution in [-0.4, -0.2) is 15.0 Å². The van der Waals surface area contributed by atoms with Gasteiger partial charge in [-0.15, -0.1) is 0 Å². The lowest BCUT2D eigenvalue weighted by Crippen LogP contribution is -1.96. The number of benzene rings is 7. The van der Waals surface area contributed by atoms with Crippen molar-refractivity contribution in [2.75, 3.05) is 0 Å². The van der Waals surface area contributed by atoms with Gasteiger partial charge in [0, 0.05) is 56.2 Å². The zero-order chi connectivity index (χ0) is 37.0. The van der Waals surface area contributed by atoms with Gasteiger partial charge in [-0.3, -0.25) is 4.98 Å². The molecule has 7 aromatic carbocycles. The number of hydrogen-bond acceptors (Lipinski definition) is 5. The Balaban J connectivity index is 1.02. The number of rotatable bonds is 6. The molecule has 0 amide bonds. The fourth-order valence-corrected chi connectivity index (χ4v) is 7.94. The highest BCUT2D eigenvalue weighted by atomic mass is 16.3. The molecular formula is C51H31N3O2. The van der Waals surface area contributed by atoms with E-state index in [1.165, 1.54) is 0 Å². The maximum absolute atomic E-state index is 6.71. The Morgan fingerprint density at radius 1 is 0.339 bits per heavy atom. The molecule has 5 nitrogen and oxygen atoms in total. The number of furan rings is 2. The third kappa shape index (κ3) is 5.37. The SMILES string of the molecule is c1ccc(-c2cc(-c3ccc(-c4ccc(-c5cccc6oc7ccccc7c56)c5c4oc4ccccc45)cc3)nc(-c3ccc(-c4ccncc4)cc3)n2)cc1. The van der Waals surface area contributed by atoms with Crippen molar-refractivity contribution in [2.45, 2.75) is 0 Å². The Hall–Kier alpha value is -7.63. The Labute approximate surface area is 322 Å². The highest BCUT2D eigenvalue weighted by Gasteiger charge is 2.20. The van der Waals surface area contributed by atoms with E-state index < -0.39 is 0 Å². The number of para-hydroxylation sites is 2. The van der Waals surface area contributed by atoms with Gasteiger partial charge >= 0.3 is 0 Å². The van der Waals surface area contributed by atoms with Crippen LogP contribution in [0, 0.1) is 0 Å². The van der Waals surface area contributed by atoms with Crippen molar-refractivity contribution in [3.8, 4) is 67.3 Å². The lowest BCUT2D eigenvalue weighted by Gasteiger charge is -2.12. The summed E-state index contributed by atoms with van der Waals surface area (Å²) in [4.78, 5) is 14.3. The predicted molar refractivity (Wildman–Crippen MR) is 227 cm³/mol. The fraction of sp³-hybridized carbons (Fsp3) is 0. The zero-order valence-electron chi connectivity index (χ0n) is 30.1. The van der Waals surface area contributed by atoms with Gasteiger partial charge < -0.3 is 8.83 Å². The molecule has 4 aromatic heterocycles. The summed E-state index contributed by atoms with van der Waals surface area (Å²) in [6.45, 7) is 0. The quantitative estimate of drug-likeness (QED) is 0.171. The van der Waals surface area contributed by atoms with Gasteiger partial charge in [-0.1, -0.05) is 133 Å². The molecule has 0 bridgehead atoms. The molecule has 4 heterocycles. The Morgan fingerprint density at radius 3 is 1.62 bits per heavy atom. The summed E-state index contributed by atoms with van der Waals surface area (Å²) in [7, 11) is 0. The molecule has 11 rings (SSSR count). The van der Waals surface area contributed by atoms with Crippen LogP contribution in [0.1, 0.15) is 0 Å². The molecule has 0 spiro atoms. The van der Waals surface area contributed by atoms with Crippen molar-refractivity contribution in [1.82, 2.24) is 15.0 Å². The van der Waals surface area contributed by atoms with Crippen molar-refractivity contribution < 1.29 is 8.83 Å². The molecule has 5 heteroatoms. The van der Waals surface area contributed by atoms with Gasteiger partial charge in [-0.05, 0) is 70.3 Å². The molecular weight excluding hydrogens is 687 g/mol. The van der Waals surface area contributed by atoms with Crippen LogP contribution in [-0.2, 0) is 0 Å². The minimum atomic E-state index is 0.673. The van der Waals surface area contributed by atoms with Crippen LogP contribution in [0.5, 0.6) is 0 Å². The second kappa shape index (κ2) is 13.0. The molecule has 0 atom stereocenters. The van der Waals surface area contributed by atoms with E-state index in [1.54, 1.807) is 0 Å². The number of pyridine rings is 1. The van der Waals surface area contributed by atoms with Crippen LogP contribution < -0.4 is 0 Å². The van der Waals surface area contributed by atoms with E-state index in [0.717, 1.165) is 105 Å². The Bertz CT molecular complexity index is 3220. The van der Waals surface area contributed by atoms with E-state index in [2.05, 4.69) is 120 Å². The molecule has 262 valence electrons. The lowest BCUT2D eigenvalue weighted by molar-refractivity contribution is 0.668. The minimum absolute atomic E-state index is 0.673. The summed E-state index contributed by atoms with van der Waals surface area (Å²) in [6, 6.07) is 60.6. The molecule has 0 aliphatic heterocycles. The first-order valence-corrected chi connectivity index (χ1v) is 18.7. The second-order valence-electron chi connectivity index (χ2n) is 14.0. The second-order valence-corrected chi connectivity index (χ2v) is 14.0. The highest BCUT2D eigenvalue weighted by Crippen LogP contribution is 2.45. The van der Waals surface area contributed by atoms with E-state index >= 15 is 0 Å². The average Bonchev–Trinajstić information content (AvgIpc) is 3.86. The normalized spacial score (nSPS) is 11.6. The van der Waals surface area contributed by atoms with Gasteiger partial charge in [0.1, 0.15) is 22.3 Å². The van der Waals surface area contributed by atoms with Gasteiger partial charge in [0.2, 0.25) is 0 Å². The summed E-state index contributed by atoms with van der Waals surface area (Å²) in [5.41, 5.74) is 14.7. The van der Waals surface area contributed by atoms with Gasteiger partial charge in [0.05, 0.1) is 11.4 Å². The Morgan fingerprint density at radius 2 is 0.875 bits per heavy atom. The molecule has 0 N–H and O–H groups in total. The van der Waals surface area contributed by atoms with Crippen molar-refractivity contribution in [1.29, 1.82) is 0 Å². The van der Waals surface area contributed by atoms with Crippen LogP contribution >= 0.6 is 0 Å². The largest absolute Gasteiger partial charge is 0.456 e. The third-order valence-corrected chi connectivity index (χ3v) is 10.7.